The van der Waals surface area contributed by atoms with Crippen molar-refractivity contribution < 1.29 is 14.3 Å². The molecule has 4 rings (SSSR count). The van der Waals surface area contributed by atoms with Crippen LogP contribution in [-0.2, 0) is 4.74 Å². The summed E-state index contributed by atoms with van der Waals surface area (Å²) in [4.78, 5) is 23.0. The number of hydrogen-bond acceptors (Lipinski definition) is 6. The number of ether oxygens (including phenoxy) is 2. The van der Waals surface area contributed by atoms with Crippen molar-refractivity contribution in [1.82, 2.24) is 14.9 Å². The van der Waals surface area contributed by atoms with E-state index >= 15 is 0 Å². The van der Waals surface area contributed by atoms with Crippen LogP contribution in [0.15, 0.2) is 42.9 Å². The second-order valence-corrected chi connectivity index (χ2v) is 6.94. The highest BCUT2D eigenvalue weighted by molar-refractivity contribution is 5.94. The predicted octanol–water partition coefficient (Wildman–Crippen LogP) is 2.36. The van der Waals surface area contributed by atoms with E-state index in [0.717, 1.165) is 37.4 Å². The van der Waals surface area contributed by atoms with Gasteiger partial charge in [-0.1, -0.05) is 0 Å². The van der Waals surface area contributed by atoms with Crippen LogP contribution in [0, 0.1) is 0 Å². The molecular weight excluding hydrogens is 344 g/mol. The van der Waals surface area contributed by atoms with E-state index in [4.69, 9.17) is 9.47 Å². The van der Waals surface area contributed by atoms with Crippen LogP contribution in [0.2, 0.25) is 0 Å². The average molecular weight is 368 g/mol. The zero-order valence-corrected chi connectivity index (χ0v) is 15.2. The molecule has 2 aliphatic rings. The summed E-state index contributed by atoms with van der Waals surface area (Å²) in [6.07, 6.45) is 7.83. The second-order valence-electron chi connectivity index (χ2n) is 6.94. The van der Waals surface area contributed by atoms with E-state index in [9.17, 15) is 4.79 Å². The van der Waals surface area contributed by atoms with Gasteiger partial charge in [0.2, 0.25) is 0 Å². The summed E-state index contributed by atoms with van der Waals surface area (Å²) in [6, 6.07) is 7.77. The van der Waals surface area contributed by atoms with Gasteiger partial charge in [-0.2, -0.15) is 0 Å². The Kier molecular flexibility index (Phi) is 5.48. The number of hydrogen-bond donors (Lipinski definition) is 1. The van der Waals surface area contributed by atoms with E-state index in [-0.39, 0.29) is 12.0 Å². The minimum absolute atomic E-state index is 0.0260. The Morgan fingerprint density at radius 2 is 2.07 bits per heavy atom. The third-order valence-corrected chi connectivity index (χ3v) is 4.96. The van der Waals surface area contributed by atoms with Gasteiger partial charge in [0.15, 0.2) is 0 Å². The number of pyridine rings is 2. The zero-order valence-electron chi connectivity index (χ0n) is 15.2. The maximum absolute atomic E-state index is 12.7. The lowest BCUT2D eigenvalue weighted by atomic mass is 10.1. The van der Waals surface area contributed by atoms with Crippen LogP contribution in [0.5, 0.6) is 5.75 Å². The fourth-order valence-corrected chi connectivity index (χ4v) is 3.43. The van der Waals surface area contributed by atoms with Gasteiger partial charge in [-0.05, 0) is 30.7 Å². The Morgan fingerprint density at radius 1 is 1.19 bits per heavy atom. The molecule has 0 spiro atoms. The van der Waals surface area contributed by atoms with E-state index in [1.165, 1.54) is 0 Å². The molecule has 2 aromatic heterocycles. The number of anilines is 1. The first-order chi connectivity index (χ1) is 13.3. The highest BCUT2D eigenvalue weighted by Gasteiger charge is 2.25. The van der Waals surface area contributed by atoms with E-state index in [0.29, 0.717) is 31.3 Å². The third-order valence-electron chi connectivity index (χ3n) is 4.96. The standard InChI is InChI=1S/C20H24N4O3/c25-20(15-3-4-19(22-12-15)23-16-7-11-26-14-16)24-9-5-17(6-10-24)27-18-2-1-8-21-13-18/h1-4,8,12-13,16-17H,5-7,9-11,14H2,(H,22,23)/t16-/m0/s1. The van der Waals surface area contributed by atoms with Crippen molar-refractivity contribution in [2.45, 2.75) is 31.4 Å². The Bertz CT molecular complexity index is 740. The Labute approximate surface area is 158 Å². The largest absolute Gasteiger partial charge is 0.489 e. The molecular formula is C20H24N4O3. The van der Waals surface area contributed by atoms with Gasteiger partial charge in [0, 0.05) is 44.9 Å². The molecule has 0 unspecified atom stereocenters. The molecule has 2 aromatic rings. The van der Waals surface area contributed by atoms with Gasteiger partial charge in [-0.15, -0.1) is 0 Å². The molecule has 1 amide bonds. The molecule has 2 fully saturated rings. The van der Waals surface area contributed by atoms with Crippen molar-refractivity contribution in [2.75, 3.05) is 31.6 Å². The smallest absolute Gasteiger partial charge is 0.255 e. The van der Waals surface area contributed by atoms with Crippen molar-refractivity contribution in [1.29, 1.82) is 0 Å². The first kappa shape index (κ1) is 17.7. The maximum Gasteiger partial charge on any atom is 0.255 e. The Hall–Kier alpha value is -2.67. The predicted molar refractivity (Wildman–Crippen MR) is 101 cm³/mol. The van der Waals surface area contributed by atoms with Gasteiger partial charge in [0.05, 0.1) is 24.4 Å². The van der Waals surface area contributed by atoms with E-state index in [2.05, 4.69) is 15.3 Å². The van der Waals surface area contributed by atoms with E-state index in [1.54, 1.807) is 18.6 Å². The minimum atomic E-state index is 0.0260. The average Bonchev–Trinajstić information content (AvgIpc) is 3.22. The molecule has 2 saturated heterocycles. The quantitative estimate of drug-likeness (QED) is 0.873. The number of likely N-dealkylation sites (tertiary alicyclic amines) is 1. The molecule has 0 aromatic carbocycles. The van der Waals surface area contributed by atoms with Crippen LogP contribution in [0.25, 0.3) is 0 Å². The fraction of sp³-hybridized carbons (Fsp3) is 0.450. The lowest BCUT2D eigenvalue weighted by Crippen LogP contribution is -2.41. The normalized spacial score (nSPS) is 20.4. The minimum Gasteiger partial charge on any atom is -0.489 e. The number of carbonyl (C=O) groups excluding carboxylic acids is 1. The SMILES string of the molecule is O=C(c1ccc(N[C@H]2CCOC2)nc1)N1CCC(Oc2cccnc2)CC1. The van der Waals surface area contributed by atoms with Crippen molar-refractivity contribution >= 4 is 11.7 Å². The van der Waals surface area contributed by atoms with Crippen molar-refractivity contribution in [2.24, 2.45) is 0 Å². The highest BCUT2D eigenvalue weighted by atomic mass is 16.5. The first-order valence-corrected chi connectivity index (χ1v) is 9.44. The fourth-order valence-electron chi connectivity index (χ4n) is 3.43. The molecule has 142 valence electrons. The van der Waals surface area contributed by atoms with Crippen molar-refractivity contribution in [3.63, 3.8) is 0 Å². The lowest BCUT2D eigenvalue weighted by molar-refractivity contribution is 0.0594. The van der Waals surface area contributed by atoms with Gasteiger partial charge < -0.3 is 19.7 Å². The van der Waals surface area contributed by atoms with Gasteiger partial charge in [0.25, 0.3) is 5.91 Å². The number of amides is 1. The molecule has 2 aliphatic heterocycles. The summed E-state index contributed by atoms with van der Waals surface area (Å²) in [5.41, 5.74) is 0.620. The number of piperidine rings is 1. The molecule has 1 atom stereocenters. The van der Waals surface area contributed by atoms with Gasteiger partial charge in [0.1, 0.15) is 17.7 Å². The zero-order chi connectivity index (χ0) is 18.5. The van der Waals surface area contributed by atoms with Crippen LogP contribution < -0.4 is 10.1 Å². The molecule has 0 radical (unpaired) electrons. The maximum atomic E-state index is 12.7. The molecule has 27 heavy (non-hydrogen) atoms. The van der Waals surface area contributed by atoms with Crippen molar-refractivity contribution in [3.05, 3.63) is 48.4 Å². The second kappa shape index (κ2) is 8.35. The van der Waals surface area contributed by atoms with Gasteiger partial charge >= 0.3 is 0 Å². The Balaban J connectivity index is 1.28. The van der Waals surface area contributed by atoms with Crippen LogP contribution in [-0.4, -0.2) is 59.2 Å². The van der Waals surface area contributed by atoms with Crippen LogP contribution in [0.4, 0.5) is 5.82 Å². The summed E-state index contributed by atoms with van der Waals surface area (Å²) in [7, 11) is 0. The number of rotatable bonds is 5. The summed E-state index contributed by atoms with van der Waals surface area (Å²) in [6.45, 7) is 2.86. The molecule has 4 heterocycles. The molecule has 0 saturated carbocycles. The summed E-state index contributed by atoms with van der Waals surface area (Å²) in [5, 5.41) is 3.33. The summed E-state index contributed by atoms with van der Waals surface area (Å²) < 4.78 is 11.3. The molecule has 7 nitrogen and oxygen atoms in total. The van der Waals surface area contributed by atoms with Crippen LogP contribution in [0.3, 0.4) is 0 Å². The summed E-state index contributed by atoms with van der Waals surface area (Å²) >= 11 is 0. The number of carbonyl (C=O) groups is 1. The third kappa shape index (κ3) is 4.54. The first-order valence-electron chi connectivity index (χ1n) is 9.44. The number of nitrogens with zero attached hydrogens (tertiary/aromatic N) is 3. The molecule has 1 N–H and O–H groups in total. The highest BCUT2D eigenvalue weighted by Crippen LogP contribution is 2.20. The van der Waals surface area contributed by atoms with E-state index in [1.807, 2.05) is 29.2 Å². The van der Waals surface area contributed by atoms with Crippen LogP contribution in [0.1, 0.15) is 29.6 Å². The topological polar surface area (TPSA) is 76.6 Å². The Morgan fingerprint density at radius 3 is 2.74 bits per heavy atom. The molecule has 0 bridgehead atoms. The van der Waals surface area contributed by atoms with E-state index < -0.39 is 0 Å². The lowest BCUT2D eigenvalue weighted by Gasteiger charge is -2.32. The number of aromatic nitrogens is 2. The number of nitrogens with one attached hydrogen (secondary N) is 1. The monoisotopic (exact) mass is 368 g/mol. The van der Waals surface area contributed by atoms with Crippen LogP contribution >= 0.6 is 0 Å². The summed E-state index contributed by atoms with van der Waals surface area (Å²) in [5.74, 6) is 1.59. The van der Waals surface area contributed by atoms with Crippen molar-refractivity contribution in [3.8, 4) is 5.75 Å². The molecule has 7 heteroatoms. The molecule has 0 aliphatic carbocycles. The van der Waals surface area contributed by atoms with Gasteiger partial charge in [-0.25, -0.2) is 4.98 Å². The van der Waals surface area contributed by atoms with Gasteiger partial charge in [-0.3, -0.25) is 9.78 Å².